The molecule has 0 atom stereocenters. The van der Waals surface area contributed by atoms with E-state index in [0.29, 0.717) is 19.3 Å². The van der Waals surface area contributed by atoms with Gasteiger partial charge in [-0.2, -0.15) is 0 Å². The van der Waals surface area contributed by atoms with E-state index in [9.17, 15) is 0 Å². The molecule has 1 saturated heterocycles. The topological polar surface area (TPSA) is 67.4 Å². The van der Waals surface area contributed by atoms with Crippen LogP contribution in [0.2, 0.25) is 0 Å². The monoisotopic (exact) mass is 548 g/mol. The molecule has 0 aromatic heterocycles. The third kappa shape index (κ3) is 13.3. The van der Waals surface area contributed by atoms with Crippen LogP contribution in [-0.2, 0) is 20.8 Å². The minimum atomic E-state index is 0. The van der Waals surface area contributed by atoms with Crippen molar-refractivity contribution in [2.24, 2.45) is 4.99 Å². The normalized spacial score (nSPS) is 15.5. The van der Waals surface area contributed by atoms with E-state index in [0.717, 1.165) is 77.6 Å². The number of nitrogens with zero attached hydrogens (tertiary/aromatic N) is 2. The first kappa shape index (κ1) is 28.1. The van der Waals surface area contributed by atoms with Crippen LogP contribution in [0.25, 0.3) is 0 Å². The number of nitrogens with one attached hydrogen (secondary N) is 2. The molecule has 1 aromatic carbocycles. The fraction of sp³-hybridized carbons (Fsp3) is 0.696. The van der Waals surface area contributed by atoms with Crippen LogP contribution in [0.15, 0.2) is 35.3 Å². The van der Waals surface area contributed by atoms with Gasteiger partial charge in [0.1, 0.15) is 0 Å². The molecule has 1 heterocycles. The highest BCUT2D eigenvalue weighted by molar-refractivity contribution is 14.0. The van der Waals surface area contributed by atoms with Crippen LogP contribution in [0, 0.1) is 0 Å². The van der Waals surface area contributed by atoms with Crippen molar-refractivity contribution < 1.29 is 14.2 Å². The van der Waals surface area contributed by atoms with Gasteiger partial charge in [0.05, 0.1) is 19.3 Å². The lowest BCUT2D eigenvalue weighted by Gasteiger charge is -2.32. The molecule has 7 nitrogen and oxygen atoms in total. The molecule has 0 unspecified atom stereocenters. The van der Waals surface area contributed by atoms with E-state index in [1.54, 1.807) is 14.2 Å². The van der Waals surface area contributed by atoms with Gasteiger partial charge in [0.15, 0.2) is 5.96 Å². The summed E-state index contributed by atoms with van der Waals surface area (Å²) in [7, 11) is 3.48. The van der Waals surface area contributed by atoms with Gasteiger partial charge < -0.3 is 24.8 Å². The molecule has 0 amide bonds. The number of guanidine groups is 1. The molecule has 31 heavy (non-hydrogen) atoms. The smallest absolute Gasteiger partial charge is 0.190 e. The van der Waals surface area contributed by atoms with E-state index >= 15 is 0 Å². The number of hydrogen-bond acceptors (Lipinski definition) is 5. The predicted molar refractivity (Wildman–Crippen MR) is 137 cm³/mol. The number of hydrogen-bond donors (Lipinski definition) is 2. The zero-order chi connectivity index (χ0) is 21.3. The molecule has 0 saturated carbocycles. The van der Waals surface area contributed by atoms with Crippen molar-refractivity contribution in [3.05, 3.63) is 35.9 Å². The van der Waals surface area contributed by atoms with Crippen LogP contribution in [0.4, 0.5) is 0 Å². The van der Waals surface area contributed by atoms with Crippen LogP contribution < -0.4 is 10.6 Å². The Morgan fingerprint density at radius 1 is 1.00 bits per heavy atom. The van der Waals surface area contributed by atoms with E-state index in [1.807, 2.05) is 0 Å². The van der Waals surface area contributed by atoms with Gasteiger partial charge in [-0.25, -0.2) is 0 Å². The van der Waals surface area contributed by atoms with Crippen molar-refractivity contribution in [1.82, 2.24) is 15.5 Å². The molecule has 0 spiro atoms. The van der Waals surface area contributed by atoms with Gasteiger partial charge in [0, 0.05) is 60.1 Å². The highest BCUT2D eigenvalue weighted by atomic mass is 127. The molecule has 1 aliphatic heterocycles. The second-order valence-electron chi connectivity index (χ2n) is 7.57. The van der Waals surface area contributed by atoms with Crippen molar-refractivity contribution >= 4 is 29.9 Å². The Labute approximate surface area is 205 Å². The van der Waals surface area contributed by atoms with E-state index in [-0.39, 0.29) is 24.0 Å². The number of piperidine rings is 1. The molecule has 0 aliphatic carbocycles. The Morgan fingerprint density at radius 3 is 2.32 bits per heavy atom. The van der Waals surface area contributed by atoms with E-state index < -0.39 is 0 Å². The van der Waals surface area contributed by atoms with Crippen LogP contribution in [0.1, 0.15) is 31.2 Å². The lowest BCUT2D eigenvalue weighted by atomic mass is 10.1. The van der Waals surface area contributed by atoms with Crippen LogP contribution in [0.3, 0.4) is 0 Å². The number of aliphatic imine (C=N–C) groups is 1. The second kappa shape index (κ2) is 18.6. The molecule has 1 aliphatic rings. The Balaban J connectivity index is 0.00000480. The number of benzene rings is 1. The van der Waals surface area contributed by atoms with Gasteiger partial charge in [0.2, 0.25) is 0 Å². The predicted octanol–water partition coefficient (Wildman–Crippen LogP) is 2.89. The Kier molecular flexibility index (Phi) is 16.9. The van der Waals surface area contributed by atoms with Gasteiger partial charge >= 0.3 is 0 Å². The highest BCUT2D eigenvalue weighted by Gasteiger charge is 2.19. The minimum Gasteiger partial charge on any atom is -0.382 e. The molecule has 0 radical (unpaired) electrons. The summed E-state index contributed by atoms with van der Waals surface area (Å²) in [4.78, 5) is 6.78. The van der Waals surface area contributed by atoms with Crippen molar-refractivity contribution in [1.29, 1.82) is 0 Å². The lowest BCUT2D eigenvalue weighted by Crippen LogP contribution is -2.39. The van der Waals surface area contributed by atoms with E-state index in [2.05, 4.69) is 50.9 Å². The highest BCUT2D eigenvalue weighted by Crippen LogP contribution is 2.16. The molecule has 8 heteroatoms. The average Bonchev–Trinajstić information content (AvgIpc) is 2.78. The van der Waals surface area contributed by atoms with E-state index in [4.69, 9.17) is 14.2 Å². The molecular weight excluding hydrogens is 507 g/mol. The first-order valence-corrected chi connectivity index (χ1v) is 11.2. The quantitative estimate of drug-likeness (QED) is 0.161. The SMILES string of the molecule is CN=C(NCCCOCCOC)NCCCOC1CCN(Cc2ccccc2)CC1.I. The zero-order valence-corrected chi connectivity index (χ0v) is 21.5. The van der Waals surface area contributed by atoms with Gasteiger partial charge in [-0.3, -0.25) is 9.89 Å². The molecule has 0 bridgehead atoms. The van der Waals surface area contributed by atoms with Crippen LogP contribution in [-0.4, -0.2) is 83.7 Å². The number of halogens is 1. The van der Waals surface area contributed by atoms with Crippen molar-refractivity contribution in [3.8, 4) is 0 Å². The molecule has 2 rings (SSSR count). The first-order chi connectivity index (χ1) is 14.8. The fourth-order valence-corrected chi connectivity index (χ4v) is 3.45. The summed E-state index contributed by atoms with van der Waals surface area (Å²) in [6, 6.07) is 10.7. The number of methoxy groups -OCH3 is 1. The van der Waals surface area contributed by atoms with Gasteiger partial charge in [-0.05, 0) is 31.2 Å². The summed E-state index contributed by atoms with van der Waals surface area (Å²) >= 11 is 0. The summed E-state index contributed by atoms with van der Waals surface area (Å²) in [5.41, 5.74) is 1.39. The maximum atomic E-state index is 6.09. The standard InChI is InChI=1S/C23H40N4O3.HI/c1-24-23(25-12-6-16-29-19-18-28-2)26-13-7-17-30-22-10-14-27(15-11-22)20-21-8-4-3-5-9-21;/h3-5,8-9,22H,6-7,10-20H2,1-2H3,(H2,24,25,26);1H. The number of likely N-dealkylation sites (tertiary alicyclic amines) is 1. The summed E-state index contributed by atoms with van der Waals surface area (Å²) in [6.07, 6.45) is 4.56. The summed E-state index contributed by atoms with van der Waals surface area (Å²) in [5.74, 6) is 0.834. The first-order valence-electron chi connectivity index (χ1n) is 11.2. The zero-order valence-electron chi connectivity index (χ0n) is 19.2. The maximum absolute atomic E-state index is 6.09. The summed E-state index contributed by atoms with van der Waals surface area (Å²) in [5, 5.41) is 6.65. The number of rotatable bonds is 14. The average molecular weight is 549 g/mol. The third-order valence-electron chi connectivity index (χ3n) is 5.16. The van der Waals surface area contributed by atoms with Crippen molar-refractivity contribution in [3.63, 3.8) is 0 Å². The lowest BCUT2D eigenvalue weighted by molar-refractivity contribution is 0.00534. The van der Waals surface area contributed by atoms with E-state index in [1.165, 1.54) is 5.56 Å². The molecule has 2 N–H and O–H groups in total. The van der Waals surface area contributed by atoms with Crippen molar-refractivity contribution in [2.45, 2.75) is 38.3 Å². The Hall–Kier alpha value is -0.940. The molecule has 178 valence electrons. The summed E-state index contributed by atoms with van der Waals surface area (Å²) < 4.78 is 16.5. The van der Waals surface area contributed by atoms with Gasteiger partial charge in [-0.15, -0.1) is 24.0 Å². The summed E-state index contributed by atoms with van der Waals surface area (Å²) in [6.45, 7) is 7.78. The number of ether oxygens (including phenoxy) is 3. The van der Waals surface area contributed by atoms with Crippen molar-refractivity contribution in [2.75, 3.05) is 66.8 Å². The largest absolute Gasteiger partial charge is 0.382 e. The molecular formula is C23H41IN4O3. The Bertz CT molecular complexity index is 569. The molecule has 1 aromatic rings. The minimum absolute atomic E-state index is 0. The van der Waals surface area contributed by atoms with Crippen LogP contribution >= 0.6 is 24.0 Å². The third-order valence-corrected chi connectivity index (χ3v) is 5.16. The Morgan fingerprint density at radius 2 is 1.68 bits per heavy atom. The van der Waals surface area contributed by atoms with Crippen LogP contribution in [0.5, 0.6) is 0 Å². The second-order valence-corrected chi connectivity index (χ2v) is 7.57. The van der Waals surface area contributed by atoms with Gasteiger partial charge in [0.25, 0.3) is 0 Å². The van der Waals surface area contributed by atoms with Gasteiger partial charge in [-0.1, -0.05) is 30.3 Å². The molecule has 1 fully saturated rings. The maximum Gasteiger partial charge on any atom is 0.190 e. The fourth-order valence-electron chi connectivity index (χ4n) is 3.45.